The Kier molecular flexibility index (Phi) is 4.34. The number of aromatic nitrogens is 2. The van der Waals surface area contributed by atoms with Crippen molar-refractivity contribution in [2.75, 3.05) is 0 Å². The second-order valence-electron chi connectivity index (χ2n) is 5.86. The van der Waals surface area contributed by atoms with Gasteiger partial charge in [0.25, 0.3) is 5.69 Å². The highest BCUT2D eigenvalue weighted by atomic mass is 32.1. The fourth-order valence-electron chi connectivity index (χ4n) is 1.72. The van der Waals surface area contributed by atoms with Crippen LogP contribution in [0.2, 0.25) is 0 Å². The van der Waals surface area contributed by atoms with Gasteiger partial charge in [0.15, 0.2) is 0 Å². The summed E-state index contributed by atoms with van der Waals surface area (Å²) in [5, 5.41) is 24.1. The van der Waals surface area contributed by atoms with Gasteiger partial charge in [-0.15, -0.1) is 10.2 Å². The van der Waals surface area contributed by atoms with Crippen LogP contribution in [0, 0.1) is 17.0 Å². The largest absolute Gasteiger partial charge is 0.306 e. The topological polar surface area (TPSA) is 81.0 Å². The van der Waals surface area contributed by atoms with Crippen molar-refractivity contribution < 1.29 is 4.92 Å². The molecular formula is C14H18N4O2S. The van der Waals surface area contributed by atoms with Crippen molar-refractivity contribution in [3.63, 3.8) is 0 Å². The summed E-state index contributed by atoms with van der Waals surface area (Å²) in [6.07, 6.45) is 0. The SMILES string of the molecule is Cc1ccc(-c2nnc(CNC(C)(C)C)s2)cc1[N+](=O)[O-]. The quantitative estimate of drug-likeness (QED) is 0.692. The molecule has 0 aliphatic heterocycles. The van der Waals surface area contributed by atoms with Crippen molar-refractivity contribution in [2.45, 2.75) is 39.8 Å². The van der Waals surface area contributed by atoms with Crippen molar-refractivity contribution in [3.8, 4) is 10.6 Å². The second-order valence-corrected chi connectivity index (χ2v) is 6.92. The molecule has 0 atom stereocenters. The van der Waals surface area contributed by atoms with Crippen LogP contribution in [0.15, 0.2) is 18.2 Å². The Morgan fingerprint density at radius 1 is 1.33 bits per heavy atom. The zero-order valence-corrected chi connectivity index (χ0v) is 13.3. The van der Waals surface area contributed by atoms with Gasteiger partial charge in [-0.25, -0.2) is 0 Å². The van der Waals surface area contributed by atoms with Crippen LogP contribution in [-0.2, 0) is 6.54 Å². The first-order valence-electron chi connectivity index (χ1n) is 6.59. The van der Waals surface area contributed by atoms with Crippen LogP contribution >= 0.6 is 11.3 Å². The molecule has 0 saturated carbocycles. The highest BCUT2D eigenvalue weighted by molar-refractivity contribution is 7.14. The predicted octanol–water partition coefficient (Wildman–Crippen LogP) is 3.31. The molecule has 0 aliphatic rings. The molecule has 0 spiro atoms. The number of nitro benzene ring substituents is 1. The summed E-state index contributed by atoms with van der Waals surface area (Å²) in [6, 6.07) is 5.13. The minimum Gasteiger partial charge on any atom is -0.306 e. The second kappa shape index (κ2) is 5.87. The lowest BCUT2D eigenvalue weighted by molar-refractivity contribution is -0.385. The molecule has 1 aromatic heterocycles. The van der Waals surface area contributed by atoms with E-state index in [1.807, 2.05) is 6.07 Å². The molecule has 6 nitrogen and oxygen atoms in total. The molecule has 0 saturated heterocycles. The normalized spacial score (nSPS) is 11.6. The van der Waals surface area contributed by atoms with E-state index in [1.54, 1.807) is 19.1 Å². The van der Waals surface area contributed by atoms with Gasteiger partial charge in [0.05, 0.1) is 11.5 Å². The fourth-order valence-corrected chi connectivity index (χ4v) is 2.50. The van der Waals surface area contributed by atoms with Crippen molar-refractivity contribution >= 4 is 17.0 Å². The first kappa shape index (κ1) is 15.5. The van der Waals surface area contributed by atoms with Gasteiger partial charge < -0.3 is 5.32 Å². The number of nitrogens with one attached hydrogen (secondary N) is 1. The zero-order valence-electron chi connectivity index (χ0n) is 12.5. The van der Waals surface area contributed by atoms with Gasteiger partial charge in [-0.1, -0.05) is 23.5 Å². The summed E-state index contributed by atoms with van der Waals surface area (Å²) >= 11 is 1.45. The van der Waals surface area contributed by atoms with Crippen molar-refractivity contribution in [1.29, 1.82) is 0 Å². The third-order valence-electron chi connectivity index (χ3n) is 2.89. The third-order valence-corrected chi connectivity index (χ3v) is 3.86. The molecule has 7 heteroatoms. The van der Waals surface area contributed by atoms with Crippen molar-refractivity contribution in [2.24, 2.45) is 0 Å². The lowest BCUT2D eigenvalue weighted by Gasteiger charge is -2.19. The molecule has 0 radical (unpaired) electrons. The van der Waals surface area contributed by atoms with Crippen LogP contribution < -0.4 is 5.32 Å². The average Bonchev–Trinajstić information content (AvgIpc) is 2.84. The number of hydrogen-bond donors (Lipinski definition) is 1. The minimum atomic E-state index is -0.373. The van der Waals surface area contributed by atoms with E-state index in [1.165, 1.54) is 11.3 Å². The van der Waals surface area contributed by atoms with Gasteiger partial charge in [-0.05, 0) is 27.7 Å². The Morgan fingerprint density at radius 3 is 2.67 bits per heavy atom. The van der Waals surface area contributed by atoms with E-state index in [0.29, 0.717) is 17.1 Å². The third kappa shape index (κ3) is 4.05. The number of hydrogen-bond acceptors (Lipinski definition) is 6. The molecule has 1 aromatic carbocycles. The van der Waals surface area contributed by atoms with E-state index in [2.05, 4.69) is 36.3 Å². The standard InChI is InChI=1S/C14H18N4O2S/c1-9-5-6-10(7-11(9)18(19)20)13-17-16-12(21-13)8-15-14(2,3)4/h5-7,15H,8H2,1-4H3. The predicted molar refractivity (Wildman–Crippen MR) is 83.3 cm³/mol. The van der Waals surface area contributed by atoms with Crippen LogP contribution in [0.1, 0.15) is 31.3 Å². The Hall–Kier alpha value is -1.86. The lowest BCUT2D eigenvalue weighted by atomic mass is 10.1. The summed E-state index contributed by atoms with van der Waals surface area (Å²) in [7, 11) is 0. The summed E-state index contributed by atoms with van der Waals surface area (Å²) in [5.41, 5.74) is 1.49. The van der Waals surface area contributed by atoms with Crippen LogP contribution in [0.5, 0.6) is 0 Å². The molecule has 2 aromatic rings. The van der Waals surface area contributed by atoms with E-state index in [-0.39, 0.29) is 16.1 Å². The molecule has 112 valence electrons. The monoisotopic (exact) mass is 306 g/mol. The maximum atomic E-state index is 11.0. The van der Waals surface area contributed by atoms with E-state index in [4.69, 9.17) is 0 Å². The van der Waals surface area contributed by atoms with E-state index >= 15 is 0 Å². The highest BCUT2D eigenvalue weighted by Gasteiger charge is 2.15. The van der Waals surface area contributed by atoms with Crippen LogP contribution in [0.3, 0.4) is 0 Å². The fraction of sp³-hybridized carbons (Fsp3) is 0.429. The van der Waals surface area contributed by atoms with Crippen LogP contribution in [0.25, 0.3) is 10.6 Å². The summed E-state index contributed by atoms with van der Waals surface area (Å²) < 4.78 is 0. The molecule has 0 amide bonds. The van der Waals surface area contributed by atoms with Crippen LogP contribution in [-0.4, -0.2) is 20.7 Å². The first-order valence-corrected chi connectivity index (χ1v) is 7.41. The van der Waals surface area contributed by atoms with Gasteiger partial charge in [-0.3, -0.25) is 10.1 Å². The number of aryl methyl sites for hydroxylation is 1. The maximum absolute atomic E-state index is 11.0. The summed E-state index contributed by atoms with van der Waals surface area (Å²) in [6.45, 7) is 8.60. The van der Waals surface area contributed by atoms with Gasteiger partial charge >= 0.3 is 0 Å². The van der Waals surface area contributed by atoms with E-state index in [0.717, 1.165) is 10.6 Å². The molecule has 0 fully saturated rings. The van der Waals surface area contributed by atoms with E-state index < -0.39 is 0 Å². The molecule has 21 heavy (non-hydrogen) atoms. The number of nitro groups is 1. The van der Waals surface area contributed by atoms with Gasteiger partial charge in [0, 0.05) is 22.7 Å². The smallest absolute Gasteiger partial charge is 0.273 e. The highest BCUT2D eigenvalue weighted by Crippen LogP contribution is 2.28. The zero-order chi connectivity index (χ0) is 15.6. The van der Waals surface area contributed by atoms with E-state index in [9.17, 15) is 10.1 Å². The van der Waals surface area contributed by atoms with Gasteiger partial charge in [0.1, 0.15) is 10.0 Å². The Labute approximate surface area is 127 Å². The number of rotatable bonds is 4. The van der Waals surface area contributed by atoms with Crippen LogP contribution in [0.4, 0.5) is 5.69 Å². The molecule has 0 unspecified atom stereocenters. The average molecular weight is 306 g/mol. The Morgan fingerprint density at radius 2 is 2.05 bits per heavy atom. The van der Waals surface area contributed by atoms with Gasteiger partial charge in [0.2, 0.25) is 0 Å². The number of nitrogens with zero attached hydrogens (tertiary/aromatic N) is 3. The Bertz CT molecular complexity index is 661. The first-order chi connectivity index (χ1) is 9.76. The lowest BCUT2D eigenvalue weighted by Crippen LogP contribution is -2.35. The molecule has 1 heterocycles. The summed E-state index contributed by atoms with van der Waals surface area (Å²) in [5.74, 6) is 0. The maximum Gasteiger partial charge on any atom is 0.273 e. The molecular weight excluding hydrogens is 288 g/mol. The molecule has 1 N–H and O–H groups in total. The Balaban J connectivity index is 2.22. The van der Waals surface area contributed by atoms with Crippen molar-refractivity contribution in [3.05, 3.63) is 38.9 Å². The summed E-state index contributed by atoms with van der Waals surface area (Å²) in [4.78, 5) is 10.6. The molecule has 0 bridgehead atoms. The van der Waals surface area contributed by atoms with Crippen molar-refractivity contribution in [1.82, 2.24) is 15.5 Å². The molecule has 2 rings (SSSR count). The van der Waals surface area contributed by atoms with Gasteiger partial charge in [-0.2, -0.15) is 0 Å². The molecule has 0 aliphatic carbocycles. The minimum absolute atomic E-state index is 0.00841. The number of benzene rings is 1.